The highest BCUT2D eigenvalue weighted by molar-refractivity contribution is 9.10. The van der Waals surface area contributed by atoms with Gasteiger partial charge in [-0.15, -0.1) is 0 Å². The second kappa shape index (κ2) is 6.20. The summed E-state index contributed by atoms with van der Waals surface area (Å²) in [5.74, 6) is 0.528. The van der Waals surface area contributed by atoms with Gasteiger partial charge in [0.2, 0.25) is 0 Å². The lowest BCUT2D eigenvalue weighted by atomic mass is 10.2. The highest BCUT2D eigenvalue weighted by Crippen LogP contribution is 2.26. The van der Waals surface area contributed by atoms with Crippen LogP contribution in [-0.4, -0.2) is 18.1 Å². The van der Waals surface area contributed by atoms with Crippen LogP contribution >= 0.6 is 15.9 Å². The van der Waals surface area contributed by atoms with Crippen molar-refractivity contribution in [3.63, 3.8) is 0 Å². The van der Waals surface area contributed by atoms with Crippen LogP contribution in [0, 0.1) is 0 Å². The maximum Gasteiger partial charge on any atom is 0.320 e. The second-order valence-electron chi connectivity index (χ2n) is 6.02. The van der Waals surface area contributed by atoms with Crippen molar-refractivity contribution in [3.05, 3.63) is 34.5 Å². The molecule has 0 spiro atoms. The van der Waals surface area contributed by atoms with Gasteiger partial charge in [0.15, 0.2) is 0 Å². The van der Waals surface area contributed by atoms with E-state index in [0.29, 0.717) is 0 Å². The maximum absolute atomic E-state index is 11.7. The summed E-state index contributed by atoms with van der Waals surface area (Å²) in [4.78, 5) is 11.7. The number of benzene rings is 1. The van der Waals surface area contributed by atoms with E-state index in [1.165, 1.54) is 0 Å². The largest absolute Gasteiger partial charge is 0.459 e. The lowest BCUT2D eigenvalue weighted by Crippen LogP contribution is -2.32. The van der Waals surface area contributed by atoms with E-state index >= 15 is 0 Å². The minimum atomic E-state index is -0.465. The molecule has 0 aliphatic heterocycles. The monoisotopic (exact) mass is 353 g/mol. The molecule has 1 atom stereocenters. The summed E-state index contributed by atoms with van der Waals surface area (Å²) in [7, 11) is 0. The standard InChI is InChI=1S/C16H20BrNO3/c1-10(18-9-15(19)21-16(2,3)4)14-8-11-7-12(17)5-6-13(11)20-14/h5-8,10,18H,9H2,1-4H3. The minimum absolute atomic E-state index is 0.0660. The van der Waals surface area contributed by atoms with E-state index in [1.807, 2.05) is 52.0 Å². The molecule has 0 saturated heterocycles. The molecule has 0 amide bonds. The van der Waals surface area contributed by atoms with Crippen LogP contribution in [0.5, 0.6) is 0 Å². The van der Waals surface area contributed by atoms with Gasteiger partial charge in [-0.1, -0.05) is 15.9 Å². The Kier molecular flexibility index (Phi) is 4.74. The summed E-state index contributed by atoms with van der Waals surface area (Å²) in [5, 5.41) is 4.15. The topological polar surface area (TPSA) is 51.5 Å². The first kappa shape index (κ1) is 16.0. The molecule has 0 radical (unpaired) electrons. The zero-order chi connectivity index (χ0) is 15.6. The number of carbonyl (C=O) groups is 1. The van der Waals surface area contributed by atoms with Crippen molar-refractivity contribution in [1.82, 2.24) is 5.32 Å². The maximum atomic E-state index is 11.7. The number of halogens is 1. The molecule has 21 heavy (non-hydrogen) atoms. The summed E-state index contributed by atoms with van der Waals surface area (Å²) < 4.78 is 12.1. The first-order chi connectivity index (χ1) is 9.74. The van der Waals surface area contributed by atoms with E-state index in [2.05, 4.69) is 21.2 Å². The fourth-order valence-corrected chi connectivity index (χ4v) is 2.34. The number of hydrogen-bond acceptors (Lipinski definition) is 4. The van der Waals surface area contributed by atoms with E-state index < -0.39 is 5.60 Å². The van der Waals surface area contributed by atoms with Crippen molar-refractivity contribution in [1.29, 1.82) is 0 Å². The van der Waals surface area contributed by atoms with Crippen molar-refractivity contribution in [2.45, 2.75) is 39.3 Å². The van der Waals surface area contributed by atoms with Gasteiger partial charge in [0, 0.05) is 9.86 Å². The number of fused-ring (bicyclic) bond motifs is 1. The summed E-state index contributed by atoms with van der Waals surface area (Å²) in [6.45, 7) is 7.67. The number of carbonyl (C=O) groups excluding carboxylic acids is 1. The van der Waals surface area contributed by atoms with Gasteiger partial charge >= 0.3 is 5.97 Å². The van der Waals surface area contributed by atoms with E-state index in [1.54, 1.807) is 0 Å². The quantitative estimate of drug-likeness (QED) is 0.837. The Bertz CT molecular complexity index is 642. The minimum Gasteiger partial charge on any atom is -0.459 e. The Labute approximate surface area is 133 Å². The van der Waals surface area contributed by atoms with Crippen molar-refractivity contribution in [2.75, 3.05) is 6.54 Å². The number of furan rings is 1. The zero-order valence-corrected chi connectivity index (χ0v) is 14.3. The smallest absolute Gasteiger partial charge is 0.320 e. The summed E-state index contributed by atoms with van der Waals surface area (Å²) in [6, 6.07) is 7.77. The zero-order valence-electron chi connectivity index (χ0n) is 12.7. The van der Waals surface area contributed by atoms with Crippen molar-refractivity contribution in [2.24, 2.45) is 0 Å². The van der Waals surface area contributed by atoms with Gasteiger partial charge in [0.1, 0.15) is 16.9 Å². The van der Waals surface area contributed by atoms with E-state index in [9.17, 15) is 4.79 Å². The molecule has 0 aliphatic rings. The molecule has 1 heterocycles. The average Bonchev–Trinajstić information content (AvgIpc) is 2.76. The van der Waals surface area contributed by atoms with Crippen LogP contribution in [0.2, 0.25) is 0 Å². The van der Waals surface area contributed by atoms with Crippen LogP contribution in [0.3, 0.4) is 0 Å². The third-order valence-electron chi connectivity index (χ3n) is 2.90. The van der Waals surface area contributed by atoms with Crippen molar-refractivity contribution in [3.8, 4) is 0 Å². The van der Waals surface area contributed by atoms with Crippen LogP contribution in [0.15, 0.2) is 33.2 Å². The molecule has 4 nitrogen and oxygen atoms in total. The molecular weight excluding hydrogens is 334 g/mol. The first-order valence-corrected chi connectivity index (χ1v) is 7.68. The normalized spacial score (nSPS) is 13.4. The SMILES string of the molecule is CC(NCC(=O)OC(C)(C)C)c1cc2cc(Br)ccc2o1. The number of hydrogen-bond donors (Lipinski definition) is 1. The summed E-state index contributed by atoms with van der Waals surface area (Å²) in [5.41, 5.74) is 0.368. The van der Waals surface area contributed by atoms with Crippen LogP contribution in [-0.2, 0) is 9.53 Å². The Hall–Kier alpha value is -1.33. The number of esters is 1. The Morgan fingerprint density at radius 2 is 2.10 bits per heavy atom. The second-order valence-corrected chi connectivity index (χ2v) is 6.94. The molecular formula is C16H20BrNO3. The van der Waals surface area contributed by atoms with E-state index in [-0.39, 0.29) is 18.6 Å². The molecule has 1 unspecified atom stereocenters. The van der Waals surface area contributed by atoms with Crippen molar-refractivity contribution < 1.29 is 13.9 Å². The van der Waals surface area contributed by atoms with Crippen molar-refractivity contribution >= 4 is 32.9 Å². The molecule has 0 fully saturated rings. The lowest BCUT2D eigenvalue weighted by Gasteiger charge is -2.20. The van der Waals surface area contributed by atoms with Gasteiger partial charge in [-0.2, -0.15) is 0 Å². The van der Waals surface area contributed by atoms with Gasteiger partial charge in [-0.05, 0) is 52.0 Å². The Morgan fingerprint density at radius 3 is 2.76 bits per heavy atom. The third kappa shape index (κ3) is 4.58. The molecule has 2 rings (SSSR count). The highest BCUT2D eigenvalue weighted by Gasteiger charge is 2.18. The molecule has 1 aromatic carbocycles. The summed E-state index contributed by atoms with van der Waals surface area (Å²) in [6.07, 6.45) is 0. The predicted octanol–water partition coefficient (Wildman–Crippen LogP) is 4.19. The predicted molar refractivity (Wildman–Crippen MR) is 86.2 cm³/mol. The van der Waals surface area contributed by atoms with Crippen LogP contribution < -0.4 is 5.32 Å². The van der Waals surface area contributed by atoms with Crippen LogP contribution in [0.1, 0.15) is 39.5 Å². The molecule has 2 aromatic rings. The molecule has 1 N–H and O–H groups in total. The third-order valence-corrected chi connectivity index (χ3v) is 3.39. The fourth-order valence-electron chi connectivity index (χ4n) is 1.96. The van der Waals surface area contributed by atoms with Gasteiger partial charge < -0.3 is 9.15 Å². The van der Waals surface area contributed by atoms with Gasteiger partial charge in [-0.25, -0.2) is 0 Å². The Balaban J connectivity index is 1.99. The van der Waals surface area contributed by atoms with Gasteiger partial charge in [0.05, 0.1) is 12.6 Å². The average molecular weight is 354 g/mol. The molecule has 1 aromatic heterocycles. The van der Waals surface area contributed by atoms with Crippen LogP contribution in [0.4, 0.5) is 0 Å². The molecule has 0 bridgehead atoms. The summed E-state index contributed by atoms with van der Waals surface area (Å²) >= 11 is 3.44. The van der Waals surface area contributed by atoms with E-state index in [4.69, 9.17) is 9.15 Å². The van der Waals surface area contributed by atoms with E-state index in [0.717, 1.165) is 21.2 Å². The highest BCUT2D eigenvalue weighted by atomic mass is 79.9. The molecule has 0 saturated carbocycles. The molecule has 0 aliphatic carbocycles. The van der Waals surface area contributed by atoms with Gasteiger partial charge in [0.25, 0.3) is 0 Å². The molecule has 114 valence electrons. The van der Waals surface area contributed by atoms with Gasteiger partial charge in [-0.3, -0.25) is 10.1 Å². The number of rotatable bonds is 4. The number of nitrogens with one attached hydrogen (secondary N) is 1. The molecule has 5 heteroatoms. The Morgan fingerprint density at radius 1 is 1.38 bits per heavy atom. The lowest BCUT2D eigenvalue weighted by molar-refractivity contribution is -0.153. The van der Waals surface area contributed by atoms with Crippen LogP contribution in [0.25, 0.3) is 11.0 Å². The number of ether oxygens (including phenoxy) is 1. The fraction of sp³-hybridized carbons (Fsp3) is 0.438. The first-order valence-electron chi connectivity index (χ1n) is 6.89.